The molecule has 4 aromatic rings. The summed E-state index contributed by atoms with van der Waals surface area (Å²) < 4.78 is 5.90. The molecule has 11 heteroatoms. The van der Waals surface area contributed by atoms with Crippen LogP contribution in [-0.4, -0.2) is 51.3 Å². The summed E-state index contributed by atoms with van der Waals surface area (Å²) in [6.07, 6.45) is 0.869. The van der Waals surface area contributed by atoms with Crippen LogP contribution in [0.5, 0.6) is 5.19 Å². The summed E-state index contributed by atoms with van der Waals surface area (Å²) in [5, 5.41) is 21.5. The number of rotatable bonds is 10. The van der Waals surface area contributed by atoms with Crippen molar-refractivity contribution in [2.75, 3.05) is 23.3 Å². The quantitative estimate of drug-likeness (QED) is 0.349. The van der Waals surface area contributed by atoms with Crippen molar-refractivity contribution in [3.8, 4) is 5.19 Å². The zero-order valence-electron chi connectivity index (χ0n) is 18.7. The van der Waals surface area contributed by atoms with Gasteiger partial charge in [-0.1, -0.05) is 83.3 Å². The number of hydrogen-bond acceptors (Lipinski definition) is 10. The van der Waals surface area contributed by atoms with E-state index in [1.807, 2.05) is 65.6 Å². The Labute approximate surface area is 209 Å². The van der Waals surface area contributed by atoms with Crippen molar-refractivity contribution in [3.63, 3.8) is 0 Å². The maximum atomic E-state index is 12.3. The van der Waals surface area contributed by atoms with Crippen molar-refractivity contribution in [2.24, 2.45) is 0 Å². The van der Waals surface area contributed by atoms with Gasteiger partial charge in [-0.05, 0) is 11.1 Å². The molecule has 1 saturated heterocycles. The first-order chi connectivity index (χ1) is 17.1. The summed E-state index contributed by atoms with van der Waals surface area (Å²) in [5.41, 5.74) is 1.93. The lowest BCUT2D eigenvalue weighted by Crippen LogP contribution is -2.54. The molecule has 0 spiro atoms. The van der Waals surface area contributed by atoms with E-state index < -0.39 is 0 Å². The molecule has 0 atom stereocenters. The molecule has 5 rings (SSSR count). The third kappa shape index (κ3) is 6.25. The van der Waals surface area contributed by atoms with Gasteiger partial charge in [0.1, 0.15) is 16.9 Å². The highest BCUT2D eigenvalue weighted by atomic mass is 32.1. The lowest BCUT2D eigenvalue weighted by molar-refractivity contribution is -0.118. The normalized spacial score (nSPS) is 13.3. The van der Waals surface area contributed by atoms with Crippen LogP contribution in [0.25, 0.3) is 0 Å². The lowest BCUT2D eigenvalue weighted by Gasteiger charge is -2.37. The smallest absolute Gasteiger partial charge is 0.294 e. The van der Waals surface area contributed by atoms with Gasteiger partial charge >= 0.3 is 0 Å². The highest BCUT2D eigenvalue weighted by Gasteiger charge is 2.32. The number of amides is 1. The molecule has 1 fully saturated rings. The van der Waals surface area contributed by atoms with Gasteiger partial charge in [0.25, 0.3) is 5.19 Å². The molecule has 0 unspecified atom stereocenters. The predicted octanol–water partition coefficient (Wildman–Crippen LogP) is 3.19. The minimum absolute atomic E-state index is 0.0455. The third-order valence-corrected chi connectivity index (χ3v) is 7.01. The summed E-state index contributed by atoms with van der Waals surface area (Å²) >= 11 is 2.63. The standard InChI is InChI=1S/C24H22N6O3S2/c31-18(11-16-7-3-1-4-8-16)13-21-26-29-24(34-21)33-19-14-30(15-19)23-28-27-22(35-23)25-20(32)12-17-9-5-2-6-10-17/h1-10,19H,11-15H2,(H,25,27,32). The molecule has 0 saturated carbocycles. The Morgan fingerprint density at radius 3 is 2.26 bits per heavy atom. The molecule has 0 bridgehead atoms. The van der Waals surface area contributed by atoms with Crippen LogP contribution in [0.3, 0.4) is 0 Å². The number of benzene rings is 2. The number of carbonyl (C=O) groups is 2. The zero-order chi connectivity index (χ0) is 24.0. The molecule has 3 heterocycles. The molecule has 178 valence electrons. The molecular weight excluding hydrogens is 484 g/mol. The molecule has 0 radical (unpaired) electrons. The van der Waals surface area contributed by atoms with Crippen molar-refractivity contribution in [3.05, 3.63) is 76.8 Å². The first-order valence-corrected chi connectivity index (χ1v) is 12.7. The zero-order valence-corrected chi connectivity index (χ0v) is 20.3. The number of nitrogens with one attached hydrogen (secondary N) is 1. The number of anilines is 2. The number of aromatic nitrogens is 4. The third-order valence-electron chi connectivity index (χ3n) is 5.30. The topological polar surface area (TPSA) is 110 Å². The molecule has 1 aliphatic rings. The fourth-order valence-electron chi connectivity index (χ4n) is 3.56. The van der Waals surface area contributed by atoms with Crippen LogP contribution in [0.1, 0.15) is 16.1 Å². The highest BCUT2D eigenvalue weighted by Crippen LogP contribution is 2.30. The number of nitrogens with zero attached hydrogens (tertiary/aromatic N) is 5. The Kier molecular flexibility index (Phi) is 7.05. The van der Waals surface area contributed by atoms with E-state index in [0.29, 0.717) is 34.8 Å². The Bertz CT molecular complexity index is 1290. The summed E-state index contributed by atoms with van der Waals surface area (Å²) in [6, 6.07) is 19.2. The Morgan fingerprint density at radius 1 is 0.857 bits per heavy atom. The highest BCUT2D eigenvalue weighted by molar-refractivity contribution is 7.19. The van der Waals surface area contributed by atoms with Gasteiger partial charge in [0.15, 0.2) is 0 Å². The fraction of sp³-hybridized carbons (Fsp3) is 0.250. The number of hydrogen-bond donors (Lipinski definition) is 1. The molecule has 2 aromatic carbocycles. The second-order valence-corrected chi connectivity index (χ2v) is 10.1. The first-order valence-electron chi connectivity index (χ1n) is 11.1. The number of ether oxygens (including phenoxy) is 1. The second-order valence-electron chi connectivity index (χ2n) is 8.08. The van der Waals surface area contributed by atoms with Crippen molar-refractivity contribution in [1.29, 1.82) is 0 Å². The minimum Gasteiger partial charge on any atom is -0.462 e. The largest absolute Gasteiger partial charge is 0.462 e. The van der Waals surface area contributed by atoms with E-state index in [1.165, 1.54) is 22.7 Å². The van der Waals surface area contributed by atoms with Gasteiger partial charge in [0.2, 0.25) is 16.2 Å². The molecule has 1 amide bonds. The summed E-state index contributed by atoms with van der Waals surface area (Å²) in [4.78, 5) is 26.5. The van der Waals surface area contributed by atoms with E-state index in [2.05, 4.69) is 25.7 Å². The van der Waals surface area contributed by atoms with E-state index in [1.54, 1.807) is 0 Å². The van der Waals surface area contributed by atoms with Crippen LogP contribution >= 0.6 is 22.7 Å². The molecule has 0 aliphatic carbocycles. The minimum atomic E-state index is -0.127. The Balaban J connectivity index is 1.05. The maximum Gasteiger partial charge on any atom is 0.294 e. The molecule has 9 nitrogen and oxygen atoms in total. The Hall–Kier alpha value is -3.70. The van der Waals surface area contributed by atoms with Gasteiger partial charge in [-0.15, -0.1) is 20.4 Å². The number of carbonyl (C=O) groups excluding carboxylic acids is 2. The molecule has 2 aromatic heterocycles. The van der Waals surface area contributed by atoms with Crippen LogP contribution in [0.4, 0.5) is 10.3 Å². The van der Waals surface area contributed by atoms with Gasteiger partial charge in [0.05, 0.1) is 25.9 Å². The van der Waals surface area contributed by atoms with Crippen LogP contribution in [0.2, 0.25) is 0 Å². The average Bonchev–Trinajstić information content (AvgIpc) is 3.46. The van der Waals surface area contributed by atoms with Crippen molar-refractivity contribution >= 4 is 44.6 Å². The summed E-state index contributed by atoms with van der Waals surface area (Å²) in [6.45, 7) is 1.27. The number of Topliss-reactive ketones (excluding diaryl/α,β-unsaturated/α-hetero) is 1. The van der Waals surface area contributed by atoms with E-state index >= 15 is 0 Å². The van der Waals surface area contributed by atoms with E-state index in [0.717, 1.165) is 16.3 Å². The van der Waals surface area contributed by atoms with Crippen LogP contribution in [-0.2, 0) is 28.9 Å². The monoisotopic (exact) mass is 506 g/mol. The summed E-state index contributed by atoms with van der Waals surface area (Å²) in [7, 11) is 0. The van der Waals surface area contributed by atoms with Gasteiger partial charge in [0, 0.05) is 6.42 Å². The van der Waals surface area contributed by atoms with Crippen LogP contribution in [0.15, 0.2) is 60.7 Å². The van der Waals surface area contributed by atoms with Gasteiger partial charge < -0.3 is 15.0 Å². The maximum absolute atomic E-state index is 12.3. The SMILES string of the molecule is O=C(Cc1ccccc1)Cc1nnc(OC2CN(c3nnc(NC(=O)Cc4ccccc4)s3)C2)s1. The second kappa shape index (κ2) is 10.7. The molecular formula is C24H22N6O3S2. The first kappa shape index (κ1) is 23.1. The van der Waals surface area contributed by atoms with E-state index in [9.17, 15) is 9.59 Å². The lowest BCUT2D eigenvalue weighted by atomic mass is 10.1. The van der Waals surface area contributed by atoms with E-state index in [4.69, 9.17) is 4.74 Å². The molecule has 1 N–H and O–H groups in total. The van der Waals surface area contributed by atoms with E-state index in [-0.39, 0.29) is 30.6 Å². The van der Waals surface area contributed by atoms with Crippen LogP contribution in [0, 0.1) is 0 Å². The fourth-order valence-corrected chi connectivity index (χ4v) is 5.12. The van der Waals surface area contributed by atoms with Gasteiger partial charge in [-0.3, -0.25) is 9.59 Å². The van der Waals surface area contributed by atoms with Crippen molar-refractivity contribution < 1.29 is 14.3 Å². The van der Waals surface area contributed by atoms with Crippen molar-refractivity contribution in [2.45, 2.75) is 25.4 Å². The molecule has 1 aliphatic heterocycles. The number of ketones is 1. The summed E-state index contributed by atoms with van der Waals surface area (Å²) in [5.74, 6) is -0.0327. The average molecular weight is 507 g/mol. The van der Waals surface area contributed by atoms with Gasteiger partial charge in [-0.2, -0.15) is 0 Å². The predicted molar refractivity (Wildman–Crippen MR) is 134 cm³/mol. The van der Waals surface area contributed by atoms with Gasteiger partial charge in [-0.25, -0.2) is 0 Å². The Morgan fingerprint density at radius 2 is 1.54 bits per heavy atom. The van der Waals surface area contributed by atoms with Crippen molar-refractivity contribution in [1.82, 2.24) is 20.4 Å². The molecule has 35 heavy (non-hydrogen) atoms. The van der Waals surface area contributed by atoms with Crippen LogP contribution < -0.4 is 15.0 Å².